The molecule has 1 amide bonds. The van der Waals surface area contributed by atoms with Crippen LogP contribution in [0.1, 0.15) is 44.9 Å². The number of nitrogens with one attached hydrogen (secondary N) is 2. The third-order valence-electron chi connectivity index (χ3n) is 2.61. The minimum Gasteiger partial charge on any atom is -0.444 e. The van der Waals surface area contributed by atoms with Crippen LogP contribution in [0.25, 0.3) is 0 Å². The summed E-state index contributed by atoms with van der Waals surface area (Å²) in [7, 11) is 0. The number of carbonyl (C=O) groups excluding carboxylic acids is 1. The summed E-state index contributed by atoms with van der Waals surface area (Å²) in [4.78, 5) is 15.7. The van der Waals surface area contributed by atoms with E-state index in [1.807, 2.05) is 20.8 Å². The Bertz CT molecular complexity index is 362. The minimum atomic E-state index is -0.199. The van der Waals surface area contributed by atoms with Gasteiger partial charge in [0.25, 0.3) is 0 Å². The lowest BCUT2D eigenvalue weighted by molar-refractivity contribution is -0.121. The first-order valence-corrected chi connectivity index (χ1v) is 5.98. The van der Waals surface area contributed by atoms with Crippen molar-refractivity contribution in [1.82, 2.24) is 15.6 Å². The highest BCUT2D eigenvalue weighted by molar-refractivity contribution is 5.78. The van der Waals surface area contributed by atoms with Gasteiger partial charge in [-0.15, -0.1) is 0 Å². The van der Waals surface area contributed by atoms with E-state index in [2.05, 4.69) is 22.5 Å². The van der Waals surface area contributed by atoms with Crippen molar-refractivity contribution in [3.05, 3.63) is 17.8 Å². The first-order valence-electron chi connectivity index (χ1n) is 5.98. The van der Waals surface area contributed by atoms with Crippen molar-refractivity contribution in [3.63, 3.8) is 0 Å². The quantitative estimate of drug-likeness (QED) is 0.790. The van der Waals surface area contributed by atoms with Crippen LogP contribution in [-0.2, 0) is 4.79 Å². The maximum Gasteiger partial charge on any atom is 0.234 e. The third kappa shape index (κ3) is 4.56. The number of carbonyl (C=O) groups is 1. The van der Waals surface area contributed by atoms with Gasteiger partial charge in [0, 0.05) is 6.04 Å². The molecular weight excluding hydrogens is 218 g/mol. The van der Waals surface area contributed by atoms with E-state index in [9.17, 15) is 4.79 Å². The van der Waals surface area contributed by atoms with Crippen molar-refractivity contribution in [2.45, 2.75) is 46.2 Å². The molecule has 0 saturated carbocycles. The van der Waals surface area contributed by atoms with Crippen LogP contribution in [0.5, 0.6) is 0 Å². The van der Waals surface area contributed by atoms with Crippen molar-refractivity contribution in [2.24, 2.45) is 0 Å². The smallest absolute Gasteiger partial charge is 0.234 e. The van der Waals surface area contributed by atoms with E-state index >= 15 is 0 Å². The third-order valence-corrected chi connectivity index (χ3v) is 2.61. The molecule has 0 aliphatic heterocycles. The van der Waals surface area contributed by atoms with Crippen molar-refractivity contribution in [2.75, 3.05) is 6.54 Å². The topological polar surface area (TPSA) is 67.2 Å². The molecule has 1 aromatic rings. The molecule has 2 N–H and O–H groups in total. The van der Waals surface area contributed by atoms with Crippen LogP contribution >= 0.6 is 0 Å². The molecule has 5 nitrogen and oxygen atoms in total. The molecule has 2 unspecified atom stereocenters. The van der Waals surface area contributed by atoms with E-state index in [1.165, 1.54) is 0 Å². The molecule has 17 heavy (non-hydrogen) atoms. The summed E-state index contributed by atoms with van der Waals surface area (Å²) in [5.74, 6) is 1.24. The van der Waals surface area contributed by atoms with Crippen LogP contribution in [0.4, 0.5) is 0 Å². The van der Waals surface area contributed by atoms with Gasteiger partial charge in [-0.2, -0.15) is 0 Å². The largest absolute Gasteiger partial charge is 0.444 e. The number of hydrogen-bond donors (Lipinski definition) is 2. The van der Waals surface area contributed by atoms with Gasteiger partial charge in [-0.3, -0.25) is 4.79 Å². The molecule has 1 heterocycles. The van der Waals surface area contributed by atoms with E-state index in [-0.39, 0.29) is 11.9 Å². The summed E-state index contributed by atoms with van der Waals surface area (Å²) in [6, 6.07) is 0.148. The van der Waals surface area contributed by atoms with E-state index in [0.29, 0.717) is 18.5 Å². The summed E-state index contributed by atoms with van der Waals surface area (Å²) < 4.78 is 5.35. The van der Waals surface area contributed by atoms with Crippen LogP contribution < -0.4 is 10.6 Å². The maximum absolute atomic E-state index is 11.6. The first kappa shape index (κ1) is 13.7. The van der Waals surface area contributed by atoms with Crippen LogP contribution in [0.3, 0.4) is 0 Å². The SMILES string of the molecule is CCC(C)NCC(=O)NC(C)c1ncc(C)o1. The van der Waals surface area contributed by atoms with Gasteiger partial charge in [-0.05, 0) is 27.2 Å². The highest BCUT2D eigenvalue weighted by Crippen LogP contribution is 2.11. The molecular formula is C12H21N3O2. The van der Waals surface area contributed by atoms with Gasteiger partial charge in [0.15, 0.2) is 0 Å². The molecule has 0 aliphatic carbocycles. The second kappa shape index (κ2) is 6.39. The number of oxazole rings is 1. The zero-order chi connectivity index (χ0) is 12.8. The Kier molecular flexibility index (Phi) is 5.15. The Balaban J connectivity index is 2.36. The van der Waals surface area contributed by atoms with Crippen LogP contribution in [-0.4, -0.2) is 23.5 Å². The Labute approximate surface area is 102 Å². The molecule has 0 spiro atoms. The fourth-order valence-electron chi connectivity index (χ4n) is 1.34. The van der Waals surface area contributed by atoms with Crippen LogP contribution in [0, 0.1) is 6.92 Å². The standard InChI is InChI=1S/C12H21N3O2/c1-5-8(2)13-7-11(16)15-10(4)12-14-6-9(3)17-12/h6,8,10,13H,5,7H2,1-4H3,(H,15,16). The van der Waals surface area contributed by atoms with Crippen molar-refractivity contribution in [3.8, 4) is 0 Å². The second-order valence-electron chi connectivity index (χ2n) is 4.29. The fourth-order valence-corrected chi connectivity index (χ4v) is 1.34. The van der Waals surface area contributed by atoms with Gasteiger partial charge < -0.3 is 15.1 Å². The molecule has 0 aromatic carbocycles. The molecule has 0 fully saturated rings. The summed E-state index contributed by atoms with van der Waals surface area (Å²) in [6.45, 7) is 8.13. The van der Waals surface area contributed by atoms with Gasteiger partial charge in [-0.1, -0.05) is 6.92 Å². The Morgan fingerprint density at radius 1 is 1.53 bits per heavy atom. The number of nitrogens with zero attached hydrogens (tertiary/aromatic N) is 1. The van der Waals surface area contributed by atoms with E-state index in [4.69, 9.17) is 4.42 Å². The molecule has 1 aromatic heterocycles. The Morgan fingerprint density at radius 3 is 2.76 bits per heavy atom. The fraction of sp³-hybridized carbons (Fsp3) is 0.667. The molecule has 1 rings (SSSR count). The monoisotopic (exact) mass is 239 g/mol. The molecule has 0 radical (unpaired) electrons. The molecule has 5 heteroatoms. The first-order chi connectivity index (χ1) is 8.02. The second-order valence-corrected chi connectivity index (χ2v) is 4.29. The normalized spacial score (nSPS) is 14.4. The number of amides is 1. The van der Waals surface area contributed by atoms with Crippen molar-refractivity contribution in [1.29, 1.82) is 0 Å². The summed E-state index contributed by atoms with van der Waals surface area (Å²) >= 11 is 0. The molecule has 96 valence electrons. The Morgan fingerprint density at radius 2 is 2.24 bits per heavy atom. The van der Waals surface area contributed by atoms with Crippen molar-refractivity contribution >= 4 is 5.91 Å². The predicted octanol–water partition coefficient (Wildman–Crippen LogP) is 1.55. The highest BCUT2D eigenvalue weighted by atomic mass is 16.4. The molecule has 2 atom stereocenters. The van der Waals surface area contributed by atoms with Gasteiger partial charge in [0.2, 0.25) is 11.8 Å². The number of rotatable bonds is 6. The average molecular weight is 239 g/mol. The van der Waals surface area contributed by atoms with Gasteiger partial charge in [-0.25, -0.2) is 4.98 Å². The average Bonchev–Trinajstić information content (AvgIpc) is 2.72. The zero-order valence-corrected chi connectivity index (χ0v) is 10.9. The molecule has 0 bridgehead atoms. The molecule has 0 saturated heterocycles. The maximum atomic E-state index is 11.6. The lowest BCUT2D eigenvalue weighted by atomic mass is 10.2. The number of aromatic nitrogens is 1. The zero-order valence-electron chi connectivity index (χ0n) is 10.9. The van der Waals surface area contributed by atoms with E-state index < -0.39 is 0 Å². The summed E-state index contributed by atoms with van der Waals surface area (Å²) in [5, 5.41) is 5.96. The summed E-state index contributed by atoms with van der Waals surface area (Å²) in [5.41, 5.74) is 0. The minimum absolute atomic E-state index is 0.0475. The summed E-state index contributed by atoms with van der Waals surface area (Å²) in [6.07, 6.45) is 2.65. The lowest BCUT2D eigenvalue weighted by Crippen LogP contribution is -2.38. The number of hydrogen-bond acceptors (Lipinski definition) is 4. The highest BCUT2D eigenvalue weighted by Gasteiger charge is 2.14. The lowest BCUT2D eigenvalue weighted by Gasteiger charge is -2.13. The van der Waals surface area contributed by atoms with Crippen molar-refractivity contribution < 1.29 is 9.21 Å². The number of aryl methyl sites for hydroxylation is 1. The van der Waals surface area contributed by atoms with Crippen LogP contribution in [0.15, 0.2) is 10.6 Å². The van der Waals surface area contributed by atoms with Gasteiger partial charge in [0.05, 0.1) is 12.7 Å². The Hall–Kier alpha value is -1.36. The predicted molar refractivity (Wildman–Crippen MR) is 65.6 cm³/mol. The molecule has 0 aliphatic rings. The van der Waals surface area contributed by atoms with Gasteiger partial charge in [0.1, 0.15) is 11.8 Å². The van der Waals surface area contributed by atoms with E-state index in [1.54, 1.807) is 6.20 Å². The van der Waals surface area contributed by atoms with Crippen LogP contribution in [0.2, 0.25) is 0 Å². The van der Waals surface area contributed by atoms with E-state index in [0.717, 1.165) is 12.2 Å². The van der Waals surface area contributed by atoms with Gasteiger partial charge >= 0.3 is 0 Å².